The molecule has 1 aromatic carbocycles. The smallest absolute Gasteiger partial charge is 0.335 e. The first-order chi connectivity index (χ1) is 10.1. The van der Waals surface area contributed by atoms with E-state index in [9.17, 15) is 9.90 Å². The zero-order chi connectivity index (χ0) is 15.2. The Kier molecular flexibility index (Phi) is 4.93. The summed E-state index contributed by atoms with van der Waals surface area (Å²) in [6.07, 6.45) is 2.09. The van der Waals surface area contributed by atoms with Crippen molar-refractivity contribution >= 4 is 17.5 Å². The average Bonchev–Trinajstić information content (AvgIpc) is 2.48. The van der Waals surface area contributed by atoms with Crippen LogP contribution in [0.4, 0.5) is 11.5 Å². The van der Waals surface area contributed by atoms with Gasteiger partial charge in [0.25, 0.3) is 0 Å². The van der Waals surface area contributed by atoms with Crippen LogP contribution in [0.3, 0.4) is 0 Å². The standard InChI is InChI=1S/C17H20N2O2/c1-3-4-10-19(15-8-6-5-7-9-15)16-12-14(17(20)21)11-13(2)18-16/h5-9,11-12H,3-4,10H2,1-2H3,(H,20,21). The molecule has 0 radical (unpaired) electrons. The first-order valence-electron chi connectivity index (χ1n) is 7.16. The van der Waals surface area contributed by atoms with Crippen molar-refractivity contribution < 1.29 is 9.90 Å². The van der Waals surface area contributed by atoms with E-state index >= 15 is 0 Å². The molecule has 21 heavy (non-hydrogen) atoms. The number of carboxylic acid groups (broad SMARTS) is 1. The molecule has 0 unspecified atom stereocenters. The van der Waals surface area contributed by atoms with Crippen LogP contribution in [0, 0.1) is 6.92 Å². The molecule has 1 aromatic heterocycles. The summed E-state index contributed by atoms with van der Waals surface area (Å²) >= 11 is 0. The highest BCUT2D eigenvalue weighted by atomic mass is 16.4. The van der Waals surface area contributed by atoms with Gasteiger partial charge in [-0.15, -0.1) is 0 Å². The van der Waals surface area contributed by atoms with E-state index in [1.54, 1.807) is 12.1 Å². The number of hydrogen-bond acceptors (Lipinski definition) is 3. The second-order valence-electron chi connectivity index (χ2n) is 5.00. The summed E-state index contributed by atoms with van der Waals surface area (Å²) in [7, 11) is 0. The van der Waals surface area contributed by atoms with Crippen molar-refractivity contribution in [1.29, 1.82) is 0 Å². The molecule has 4 nitrogen and oxygen atoms in total. The Bertz CT molecular complexity index is 611. The number of aromatic carboxylic acids is 1. The minimum atomic E-state index is -0.926. The van der Waals surface area contributed by atoms with Crippen LogP contribution in [0.25, 0.3) is 0 Å². The van der Waals surface area contributed by atoms with Gasteiger partial charge in [-0.25, -0.2) is 9.78 Å². The summed E-state index contributed by atoms with van der Waals surface area (Å²) in [5.41, 5.74) is 2.01. The van der Waals surface area contributed by atoms with Gasteiger partial charge in [0.15, 0.2) is 0 Å². The summed E-state index contributed by atoms with van der Waals surface area (Å²) in [4.78, 5) is 17.8. The SMILES string of the molecule is CCCCN(c1ccccc1)c1cc(C(=O)O)cc(C)n1. The van der Waals surface area contributed by atoms with Crippen LogP contribution in [-0.2, 0) is 0 Å². The summed E-state index contributed by atoms with van der Waals surface area (Å²) in [6, 6.07) is 13.2. The van der Waals surface area contributed by atoms with E-state index in [1.165, 1.54) is 0 Å². The van der Waals surface area contributed by atoms with E-state index in [4.69, 9.17) is 0 Å². The van der Waals surface area contributed by atoms with Crippen molar-refractivity contribution in [3.8, 4) is 0 Å². The van der Waals surface area contributed by atoms with Crippen LogP contribution in [0.1, 0.15) is 35.8 Å². The minimum Gasteiger partial charge on any atom is -0.478 e. The van der Waals surface area contributed by atoms with Gasteiger partial charge in [-0.3, -0.25) is 0 Å². The van der Waals surface area contributed by atoms with E-state index in [2.05, 4.69) is 16.8 Å². The van der Waals surface area contributed by atoms with Gasteiger partial charge < -0.3 is 10.0 Å². The zero-order valence-corrected chi connectivity index (χ0v) is 12.4. The number of hydrogen-bond donors (Lipinski definition) is 1. The van der Waals surface area contributed by atoms with Gasteiger partial charge in [0.2, 0.25) is 0 Å². The Balaban J connectivity index is 2.43. The lowest BCUT2D eigenvalue weighted by molar-refractivity contribution is 0.0696. The number of nitrogens with zero attached hydrogens (tertiary/aromatic N) is 2. The number of carbonyl (C=O) groups is 1. The van der Waals surface area contributed by atoms with Crippen molar-refractivity contribution in [1.82, 2.24) is 4.98 Å². The van der Waals surface area contributed by atoms with Crippen LogP contribution < -0.4 is 4.90 Å². The molecule has 4 heteroatoms. The fourth-order valence-corrected chi connectivity index (χ4v) is 2.21. The minimum absolute atomic E-state index is 0.273. The topological polar surface area (TPSA) is 53.4 Å². The number of aryl methyl sites for hydroxylation is 1. The summed E-state index contributed by atoms with van der Waals surface area (Å²) < 4.78 is 0. The highest BCUT2D eigenvalue weighted by molar-refractivity contribution is 5.89. The van der Waals surface area contributed by atoms with Gasteiger partial charge in [-0.1, -0.05) is 31.5 Å². The lowest BCUT2D eigenvalue weighted by Crippen LogP contribution is -2.20. The van der Waals surface area contributed by atoms with Gasteiger partial charge in [-0.05, 0) is 37.6 Å². The Hall–Kier alpha value is -2.36. The molecule has 0 bridgehead atoms. The lowest BCUT2D eigenvalue weighted by atomic mass is 10.2. The maximum atomic E-state index is 11.2. The molecular formula is C17H20N2O2. The predicted molar refractivity (Wildman–Crippen MR) is 84.3 cm³/mol. The van der Waals surface area contributed by atoms with Gasteiger partial charge in [0.05, 0.1) is 5.56 Å². The first kappa shape index (κ1) is 15.0. The molecule has 0 saturated carbocycles. The second-order valence-corrected chi connectivity index (χ2v) is 5.00. The summed E-state index contributed by atoms with van der Waals surface area (Å²) in [5.74, 6) is -0.239. The first-order valence-corrected chi connectivity index (χ1v) is 7.16. The largest absolute Gasteiger partial charge is 0.478 e. The van der Waals surface area contributed by atoms with Crippen LogP contribution in [-0.4, -0.2) is 22.6 Å². The van der Waals surface area contributed by atoms with E-state index in [1.807, 2.05) is 37.3 Å². The molecule has 1 N–H and O–H groups in total. The van der Waals surface area contributed by atoms with E-state index in [-0.39, 0.29) is 5.56 Å². The van der Waals surface area contributed by atoms with Crippen molar-refractivity contribution in [3.63, 3.8) is 0 Å². The molecule has 0 aliphatic carbocycles. The third-order valence-corrected chi connectivity index (χ3v) is 3.27. The number of pyridine rings is 1. The lowest BCUT2D eigenvalue weighted by Gasteiger charge is -2.24. The second kappa shape index (κ2) is 6.88. The van der Waals surface area contributed by atoms with Crippen molar-refractivity contribution in [2.75, 3.05) is 11.4 Å². The number of benzene rings is 1. The highest BCUT2D eigenvalue weighted by Gasteiger charge is 2.14. The summed E-state index contributed by atoms with van der Waals surface area (Å²) in [6.45, 7) is 4.77. The Morgan fingerprint density at radius 3 is 2.57 bits per heavy atom. The normalized spacial score (nSPS) is 10.4. The Labute approximate surface area is 125 Å². The van der Waals surface area contributed by atoms with Crippen LogP contribution in [0.2, 0.25) is 0 Å². The van der Waals surface area contributed by atoms with Crippen molar-refractivity contribution in [2.24, 2.45) is 0 Å². The maximum absolute atomic E-state index is 11.2. The Morgan fingerprint density at radius 1 is 1.24 bits per heavy atom. The molecule has 2 aromatic rings. The van der Waals surface area contributed by atoms with Crippen molar-refractivity contribution in [3.05, 3.63) is 53.7 Å². The van der Waals surface area contributed by atoms with E-state index < -0.39 is 5.97 Å². The highest BCUT2D eigenvalue weighted by Crippen LogP contribution is 2.25. The molecule has 0 amide bonds. The van der Waals surface area contributed by atoms with Gasteiger partial charge in [-0.2, -0.15) is 0 Å². The molecule has 110 valence electrons. The number of anilines is 2. The van der Waals surface area contributed by atoms with E-state index in [0.29, 0.717) is 11.5 Å². The zero-order valence-electron chi connectivity index (χ0n) is 12.4. The Morgan fingerprint density at radius 2 is 1.95 bits per heavy atom. The molecule has 0 aliphatic rings. The van der Waals surface area contributed by atoms with Crippen LogP contribution in [0.15, 0.2) is 42.5 Å². The molecule has 0 atom stereocenters. The quantitative estimate of drug-likeness (QED) is 0.870. The van der Waals surface area contributed by atoms with Crippen LogP contribution in [0.5, 0.6) is 0 Å². The van der Waals surface area contributed by atoms with Gasteiger partial charge in [0, 0.05) is 17.9 Å². The molecule has 2 rings (SSSR count). The molecule has 1 heterocycles. The molecule has 0 aliphatic heterocycles. The molecular weight excluding hydrogens is 264 g/mol. The van der Waals surface area contributed by atoms with Crippen LogP contribution >= 0.6 is 0 Å². The third kappa shape index (κ3) is 3.81. The maximum Gasteiger partial charge on any atom is 0.335 e. The fraction of sp³-hybridized carbons (Fsp3) is 0.294. The number of carboxylic acids is 1. The number of unbranched alkanes of at least 4 members (excludes halogenated alkanes) is 1. The van der Waals surface area contributed by atoms with E-state index in [0.717, 1.165) is 25.1 Å². The summed E-state index contributed by atoms with van der Waals surface area (Å²) in [5, 5.41) is 9.22. The predicted octanol–water partition coefficient (Wildman–Crippen LogP) is 4.03. The van der Waals surface area contributed by atoms with Gasteiger partial charge >= 0.3 is 5.97 Å². The average molecular weight is 284 g/mol. The number of rotatable bonds is 6. The molecule has 0 fully saturated rings. The monoisotopic (exact) mass is 284 g/mol. The number of para-hydroxylation sites is 1. The van der Waals surface area contributed by atoms with Crippen molar-refractivity contribution in [2.45, 2.75) is 26.7 Å². The molecule has 0 saturated heterocycles. The van der Waals surface area contributed by atoms with Gasteiger partial charge in [0.1, 0.15) is 5.82 Å². The third-order valence-electron chi connectivity index (χ3n) is 3.27. The number of aromatic nitrogens is 1. The molecule has 0 spiro atoms. The fourth-order valence-electron chi connectivity index (χ4n) is 2.21.